The van der Waals surface area contributed by atoms with Crippen LogP contribution in [-0.4, -0.2) is 22.1 Å². The van der Waals surface area contributed by atoms with Gasteiger partial charge in [-0.2, -0.15) is 8.42 Å². The van der Waals surface area contributed by atoms with Gasteiger partial charge < -0.3 is 0 Å². The van der Waals surface area contributed by atoms with Gasteiger partial charge in [0.15, 0.2) is 0 Å². The second-order valence-corrected chi connectivity index (χ2v) is 3.25. The zero-order chi connectivity index (χ0) is 10.5. The molecule has 0 unspecified atom stereocenters. The van der Waals surface area contributed by atoms with E-state index in [-0.39, 0.29) is 0 Å². The highest BCUT2D eigenvalue weighted by atomic mass is 32.3. The number of hydrogen-bond acceptors (Lipinski definition) is 2. The number of rotatable bonds is 1. The van der Waals surface area contributed by atoms with Crippen LogP contribution in [0, 0.1) is 0 Å². The van der Waals surface area contributed by atoms with Crippen molar-refractivity contribution in [3.63, 3.8) is 0 Å². The number of aromatic nitrogens is 2. The number of aryl methyl sites for hydroxylation is 2. The molecular weight excluding hydrogens is 196 g/mol. The van der Waals surface area contributed by atoms with Crippen molar-refractivity contribution in [3.05, 3.63) is 18.7 Å². The third kappa shape index (κ3) is 8.99. The maximum atomic E-state index is 8.74. The van der Waals surface area contributed by atoms with E-state index in [9.17, 15) is 0 Å². The second kappa shape index (κ2) is 4.95. The Hall–Kier alpha value is -0.920. The maximum Gasteiger partial charge on any atom is 0.394 e. The van der Waals surface area contributed by atoms with E-state index in [4.69, 9.17) is 17.5 Å². The van der Waals surface area contributed by atoms with Crippen LogP contribution in [0.1, 0.15) is 6.92 Å². The molecule has 0 aliphatic carbocycles. The summed E-state index contributed by atoms with van der Waals surface area (Å²) in [7, 11) is -2.65. The summed E-state index contributed by atoms with van der Waals surface area (Å²) >= 11 is 0. The fraction of sp³-hybridized carbons (Fsp3) is 0.500. The van der Waals surface area contributed by atoms with E-state index in [1.54, 1.807) is 0 Å². The Morgan fingerprint density at radius 2 is 1.92 bits per heavy atom. The van der Waals surface area contributed by atoms with E-state index < -0.39 is 10.4 Å². The quantitative estimate of drug-likeness (QED) is 0.490. The van der Waals surface area contributed by atoms with Gasteiger partial charge in [0.25, 0.3) is 0 Å². The van der Waals surface area contributed by atoms with Crippen LogP contribution in [0.5, 0.6) is 0 Å². The number of imidazole rings is 1. The normalized spacial score (nSPS) is 10.5. The van der Waals surface area contributed by atoms with Crippen molar-refractivity contribution in [2.75, 3.05) is 0 Å². The van der Waals surface area contributed by atoms with Crippen molar-refractivity contribution in [2.45, 2.75) is 13.5 Å². The third-order valence-corrected chi connectivity index (χ3v) is 1.19. The third-order valence-electron chi connectivity index (χ3n) is 1.19. The standard InChI is InChI=1S/C6H11N2.H2O4S/c1-3-8-5-4-7(2)6-8;1-5(2,3)4/h4-6H,3H2,1-2H3;(H2,1,2,3,4)/q+1;. The minimum atomic E-state index is -4.67. The first-order valence-electron chi connectivity index (χ1n) is 3.54. The number of hydrogen-bond donors (Lipinski definition) is 2. The smallest absolute Gasteiger partial charge is 0.264 e. The van der Waals surface area contributed by atoms with E-state index in [1.807, 2.05) is 17.8 Å². The molecular formula is C6H13N2O4S+. The van der Waals surface area contributed by atoms with Crippen LogP contribution in [0.2, 0.25) is 0 Å². The molecule has 76 valence electrons. The van der Waals surface area contributed by atoms with E-state index in [0.29, 0.717) is 0 Å². The van der Waals surface area contributed by atoms with E-state index in [0.717, 1.165) is 6.54 Å². The molecule has 0 radical (unpaired) electrons. The summed E-state index contributed by atoms with van der Waals surface area (Å²) in [5.41, 5.74) is 0. The molecule has 0 saturated carbocycles. The summed E-state index contributed by atoms with van der Waals surface area (Å²) in [6, 6.07) is 0. The van der Waals surface area contributed by atoms with Crippen LogP contribution in [-0.2, 0) is 24.0 Å². The summed E-state index contributed by atoms with van der Waals surface area (Å²) < 4.78 is 35.7. The first kappa shape index (κ1) is 12.1. The van der Waals surface area contributed by atoms with Gasteiger partial charge in [0.05, 0.1) is 13.6 Å². The summed E-state index contributed by atoms with van der Waals surface area (Å²) in [4.78, 5) is 0. The van der Waals surface area contributed by atoms with Gasteiger partial charge in [0.2, 0.25) is 6.33 Å². The Morgan fingerprint density at radius 3 is 2.08 bits per heavy atom. The highest BCUT2D eigenvalue weighted by Gasteiger charge is 1.92. The lowest BCUT2D eigenvalue weighted by Crippen LogP contribution is -2.23. The second-order valence-electron chi connectivity index (χ2n) is 2.36. The first-order chi connectivity index (χ1) is 5.83. The van der Waals surface area contributed by atoms with Crippen LogP contribution in [0.25, 0.3) is 0 Å². The van der Waals surface area contributed by atoms with Crippen LogP contribution in [0.15, 0.2) is 18.7 Å². The molecule has 13 heavy (non-hydrogen) atoms. The van der Waals surface area contributed by atoms with Crippen LogP contribution in [0.4, 0.5) is 0 Å². The van der Waals surface area contributed by atoms with Crippen LogP contribution >= 0.6 is 0 Å². The Morgan fingerprint density at radius 1 is 1.46 bits per heavy atom. The molecule has 0 aliphatic heterocycles. The molecule has 7 heteroatoms. The molecule has 1 rings (SSSR count). The van der Waals surface area contributed by atoms with E-state index in [2.05, 4.69) is 24.0 Å². The Kier molecular flexibility index (Phi) is 4.60. The summed E-state index contributed by atoms with van der Waals surface area (Å²) in [5.74, 6) is 0. The molecule has 0 atom stereocenters. The molecule has 0 spiro atoms. The summed E-state index contributed by atoms with van der Waals surface area (Å²) in [6.07, 6.45) is 6.14. The van der Waals surface area contributed by atoms with E-state index in [1.165, 1.54) is 0 Å². The first-order valence-corrected chi connectivity index (χ1v) is 4.93. The molecule has 0 aliphatic rings. The van der Waals surface area contributed by atoms with Crippen molar-refractivity contribution in [1.82, 2.24) is 4.57 Å². The molecule has 0 aromatic carbocycles. The average Bonchev–Trinajstić information content (AvgIpc) is 2.31. The fourth-order valence-electron chi connectivity index (χ4n) is 0.689. The highest BCUT2D eigenvalue weighted by Crippen LogP contribution is 1.79. The topological polar surface area (TPSA) is 83.4 Å². The minimum Gasteiger partial charge on any atom is -0.264 e. The van der Waals surface area contributed by atoms with Gasteiger partial charge in [0, 0.05) is 0 Å². The lowest BCUT2D eigenvalue weighted by Gasteiger charge is -1.81. The Balaban J connectivity index is 0.000000252. The minimum absolute atomic E-state index is 1.06. The molecule has 0 fully saturated rings. The maximum absolute atomic E-state index is 8.74. The molecule has 1 heterocycles. The number of nitrogens with zero attached hydrogens (tertiary/aromatic N) is 2. The van der Waals surface area contributed by atoms with Crippen molar-refractivity contribution in [2.24, 2.45) is 7.05 Å². The molecule has 1 aromatic heterocycles. The Bertz CT molecular complexity index is 335. The molecule has 1 aromatic rings. The van der Waals surface area contributed by atoms with Gasteiger partial charge in [-0.1, -0.05) is 0 Å². The van der Waals surface area contributed by atoms with Gasteiger partial charge in [-0.15, -0.1) is 0 Å². The fourth-order valence-corrected chi connectivity index (χ4v) is 0.689. The summed E-state index contributed by atoms with van der Waals surface area (Å²) in [6.45, 7) is 3.18. The zero-order valence-corrected chi connectivity index (χ0v) is 8.27. The van der Waals surface area contributed by atoms with Gasteiger partial charge in [0.1, 0.15) is 12.4 Å². The molecule has 2 N–H and O–H groups in total. The Labute approximate surface area is 77.0 Å². The highest BCUT2D eigenvalue weighted by molar-refractivity contribution is 7.79. The van der Waals surface area contributed by atoms with Crippen molar-refractivity contribution >= 4 is 10.4 Å². The lowest BCUT2D eigenvalue weighted by atomic mass is 10.7. The van der Waals surface area contributed by atoms with Crippen molar-refractivity contribution in [1.29, 1.82) is 0 Å². The van der Waals surface area contributed by atoms with Gasteiger partial charge >= 0.3 is 10.4 Å². The molecule has 0 bridgehead atoms. The molecule has 0 amide bonds. The van der Waals surface area contributed by atoms with Crippen LogP contribution in [0.3, 0.4) is 0 Å². The van der Waals surface area contributed by atoms with Gasteiger partial charge in [-0.05, 0) is 6.92 Å². The van der Waals surface area contributed by atoms with Crippen LogP contribution < -0.4 is 4.57 Å². The van der Waals surface area contributed by atoms with Gasteiger partial charge in [-0.3, -0.25) is 9.11 Å². The average molecular weight is 209 g/mol. The summed E-state index contributed by atoms with van der Waals surface area (Å²) in [5, 5.41) is 0. The van der Waals surface area contributed by atoms with Crippen molar-refractivity contribution < 1.29 is 22.1 Å². The largest absolute Gasteiger partial charge is 0.394 e. The SMILES string of the molecule is CCn1cc[n+](C)c1.O=S(=O)(O)O. The van der Waals surface area contributed by atoms with Gasteiger partial charge in [-0.25, -0.2) is 9.13 Å². The molecule has 6 nitrogen and oxygen atoms in total. The molecule has 0 saturated heterocycles. The zero-order valence-electron chi connectivity index (χ0n) is 7.45. The predicted octanol–water partition coefficient (Wildman–Crippen LogP) is -0.320. The lowest BCUT2D eigenvalue weighted by molar-refractivity contribution is -0.671. The predicted molar refractivity (Wildman–Crippen MR) is 45.5 cm³/mol. The van der Waals surface area contributed by atoms with E-state index >= 15 is 0 Å². The monoisotopic (exact) mass is 209 g/mol. The van der Waals surface area contributed by atoms with Crippen molar-refractivity contribution in [3.8, 4) is 0 Å².